The summed E-state index contributed by atoms with van der Waals surface area (Å²) in [6.45, 7) is 2.02. The van der Waals surface area contributed by atoms with Crippen molar-refractivity contribution >= 4 is 23.2 Å². The summed E-state index contributed by atoms with van der Waals surface area (Å²) in [6, 6.07) is 5.10. The van der Waals surface area contributed by atoms with Gasteiger partial charge in [0.1, 0.15) is 0 Å². The Hall–Kier alpha value is -2.29. The highest BCUT2D eigenvalue weighted by Crippen LogP contribution is 2.21. The third-order valence-corrected chi connectivity index (χ3v) is 3.05. The van der Waals surface area contributed by atoms with E-state index in [1.807, 2.05) is 0 Å². The average Bonchev–Trinajstić information content (AvgIpc) is 2.78. The van der Waals surface area contributed by atoms with Gasteiger partial charge in [-0.2, -0.15) is 5.10 Å². The van der Waals surface area contributed by atoms with Crippen LogP contribution in [0.5, 0.6) is 0 Å². The van der Waals surface area contributed by atoms with Gasteiger partial charge in [0.15, 0.2) is 0 Å². The summed E-state index contributed by atoms with van der Waals surface area (Å²) in [5.74, 6) is 5.41. The van der Waals surface area contributed by atoms with Crippen molar-refractivity contribution in [3.8, 4) is 11.8 Å². The first-order chi connectivity index (χ1) is 10.0. The van der Waals surface area contributed by atoms with E-state index in [4.69, 9.17) is 17.3 Å². The molecule has 2 aromatic rings. The van der Waals surface area contributed by atoms with Gasteiger partial charge in [-0.3, -0.25) is 9.48 Å². The lowest BCUT2D eigenvalue weighted by molar-refractivity contribution is 0.102. The number of aryl methyl sites for hydroxylation is 2. The van der Waals surface area contributed by atoms with Gasteiger partial charge in [0.2, 0.25) is 0 Å². The molecule has 0 saturated carbocycles. The molecule has 1 heterocycles. The molecule has 5 nitrogen and oxygen atoms in total. The Morgan fingerprint density at radius 1 is 1.52 bits per heavy atom. The first-order valence-electron chi connectivity index (χ1n) is 6.31. The van der Waals surface area contributed by atoms with E-state index in [0.29, 0.717) is 27.5 Å². The van der Waals surface area contributed by atoms with Gasteiger partial charge in [0.25, 0.3) is 5.91 Å². The number of rotatable bonds is 2. The molecule has 6 heteroatoms. The van der Waals surface area contributed by atoms with Crippen LogP contribution in [0.4, 0.5) is 5.69 Å². The molecular formula is C15H15ClN4O. The van der Waals surface area contributed by atoms with E-state index in [1.165, 1.54) is 0 Å². The molecule has 0 saturated heterocycles. The van der Waals surface area contributed by atoms with Crippen molar-refractivity contribution in [3.05, 3.63) is 46.2 Å². The van der Waals surface area contributed by atoms with Crippen LogP contribution in [-0.2, 0) is 7.05 Å². The standard InChI is InChI=1S/C15H15ClN4O/c1-10-13(9-20(2)19-10)15(21)18-14-6-5-12(16)8-11(14)4-3-7-17/h5-6,8-9H,7,17H2,1-2H3,(H,18,21). The molecule has 0 fully saturated rings. The van der Waals surface area contributed by atoms with Crippen LogP contribution >= 0.6 is 11.6 Å². The number of nitrogens with zero attached hydrogens (tertiary/aromatic N) is 2. The van der Waals surface area contributed by atoms with Crippen molar-refractivity contribution < 1.29 is 4.79 Å². The number of carbonyl (C=O) groups is 1. The van der Waals surface area contributed by atoms with Crippen molar-refractivity contribution in [2.45, 2.75) is 6.92 Å². The molecule has 21 heavy (non-hydrogen) atoms. The van der Waals surface area contributed by atoms with Crippen molar-refractivity contribution in [1.29, 1.82) is 0 Å². The number of hydrogen-bond donors (Lipinski definition) is 2. The average molecular weight is 303 g/mol. The molecule has 0 bridgehead atoms. The second-order valence-corrected chi connectivity index (χ2v) is 4.89. The Morgan fingerprint density at radius 2 is 2.29 bits per heavy atom. The molecule has 1 aromatic carbocycles. The van der Waals surface area contributed by atoms with Gasteiger partial charge < -0.3 is 11.1 Å². The topological polar surface area (TPSA) is 72.9 Å². The Labute approximate surface area is 128 Å². The van der Waals surface area contributed by atoms with Crippen LogP contribution < -0.4 is 11.1 Å². The van der Waals surface area contributed by atoms with Gasteiger partial charge in [-0.25, -0.2) is 0 Å². The van der Waals surface area contributed by atoms with Gasteiger partial charge in [-0.1, -0.05) is 23.4 Å². The predicted molar refractivity (Wildman–Crippen MR) is 83.3 cm³/mol. The fourth-order valence-electron chi connectivity index (χ4n) is 1.89. The third-order valence-electron chi connectivity index (χ3n) is 2.81. The maximum absolute atomic E-state index is 12.3. The molecule has 0 spiro atoms. The summed E-state index contributed by atoms with van der Waals surface area (Å²) < 4.78 is 1.60. The van der Waals surface area contributed by atoms with Crippen LogP contribution in [0, 0.1) is 18.8 Å². The summed E-state index contributed by atoms with van der Waals surface area (Å²) in [5, 5.41) is 7.52. The number of benzene rings is 1. The second-order valence-electron chi connectivity index (χ2n) is 4.45. The summed E-state index contributed by atoms with van der Waals surface area (Å²) in [7, 11) is 1.77. The smallest absolute Gasteiger partial charge is 0.259 e. The Morgan fingerprint density at radius 3 is 2.90 bits per heavy atom. The van der Waals surface area contributed by atoms with E-state index < -0.39 is 0 Å². The molecule has 0 radical (unpaired) electrons. The van der Waals surface area contributed by atoms with E-state index in [0.717, 1.165) is 0 Å². The van der Waals surface area contributed by atoms with Crippen LogP contribution in [-0.4, -0.2) is 22.2 Å². The minimum absolute atomic E-state index is 0.237. The highest BCUT2D eigenvalue weighted by atomic mass is 35.5. The van der Waals surface area contributed by atoms with Gasteiger partial charge >= 0.3 is 0 Å². The summed E-state index contributed by atoms with van der Waals surface area (Å²) in [5.41, 5.74) is 7.78. The van der Waals surface area contributed by atoms with Crippen molar-refractivity contribution in [3.63, 3.8) is 0 Å². The predicted octanol–water partition coefficient (Wildman–Crippen LogP) is 1.94. The number of aromatic nitrogens is 2. The van der Waals surface area contributed by atoms with Crippen molar-refractivity contribution in [1.82, 2.24) is 9.78 Å². The number of anilines is 1. The van der Waals surface area contributed by atoms with Gasteiger partial charge in [-0.05, 0) is 25.1 Å². The van der Waals surface area contributed by atoms with Crippen LogP contribution in [0.2, 0.25) is 5.02 Å². The minimum atomic E-state index is -0.237. The molecule has 0 aliphatic rings. The van der Waals surface area contributed by atoms with E-state index in [2.05, 4.69) is 22.3 Å². The third kappa shape index (κ3) is 3.63. The summed E-state index contributed by atoms with van der Waals surface area (Å²) in [6.07, 6.45) is 1.67. The normalized spacial score (nSPS) is 9.90. The number of nitrogens with one attached hydrogen (secondary N) is 1. The fraction of sp³-hybridized carbons (Fsp3) is 0.200. The quantitative estimate of drug-likeness (QED) is 0.833. The highest BCUT2D eigenvalue weighted by molar-refractivity contribution is 6.30. The first-order valence-corrected chi connectivity index (χ1v) is 6.69. The molecule has 0 unspecified atom stereocenters. The summed E-state index contributed by atoms with van der Waals surface area (Å²) in [4.78, 5) is 12.3. The maximum Gasteiger partial charge on any atom is 0.259 e. The zero-order valence-electron chi connectivity index (χ0n) is 11.8. The molecule has 1 aromatic heterocycles. The molecule has 0 atom stereocenters. The van der Waals surface area contributed by atoms with Gasteiger partial charge in [0.05, 0.1) is 23.5 Å². The number of carbonyl (C=O) groups excluding carboxylic acids is 1. The SMILES string of the molecule is Cc1nn(C)cc1C(=O)Nc1ccc(Cl)cc1C#CCN. The minimum Gasteiger partial charge on any atom is -0.321 e. The van der Waals surface area contributed by atoms with Gasteiger partial charge in [-0.15, -0.1) is 0 Å². The fourth-order valence-corrected chi connectivity index (χ4v) is 2.06. The zero-order chi connectivity index (χ0) is 15.4. The molecule has 1 amide bonds. The van der Waals surface area contributed by atoms with Crippen molar-refractivity contribution in [2.24, 2.45) is 12.8 Å². The lowest BCUT2D eigenvalue weighted by Crippen LogP contribution is -2.13. The zero-order valence-corrected chi connectivity index (χ0v) is 12.5. The lowest BCUT2D eigenvalue weighted by atomic mass is 10.1. The van der Waals surface area contributed by atoms with Gasteiger partial charge in [0, 0.05) is 23.8 Å². The Kier molecular flexibility index (Phi) is 4.63. The monoisotopic (exact) mass is 302 g/mol. The van der Waals surface area contributed by atoms with E-state index in [-0.39, 0.29) is 12.5 Å². The molecule has 3 N–H and O–H groups in total. The summed E-state index contributed by atoms with van der Waals surface area (Å²) >= 11 is 5.95. The maximum atomic E-state index is 12.3. The number of amides is 1. The number of nitrogens with two attached hydrogens (primary N) is 1. The first kappa shape index (κ1) is 15.1. The molecule has 2 rings (SSSR count). The van der Waals surface area contributed by atoms with Crippen LogP contribution in [0.25, 0.3) is 0 Å². The Balaban J connectivity index is 2.31. The Bertz CT molecular complexity index is 740. The molecule has 108 valence electrons. The molecule has 0 aliphatic carbocycles. The van der Waals surface area contributed by atoms with Crippen molar-refractivity contribution in [2.75, 3.05) is 11.9 Å². The van der Waals surface area contributed by atoms with Crippen LogP contribution in [0.1, 0.15) is 21.6 Å². The van der Waals surface area contributed by atoms with Crippen LogP contribution in [0.15, 0.2) is 24.4 Å². The largest absolute Gasteiger partial charge is 0.321 e. The second kappa shape index (κ2) is 6.44. The highest BCUT2D eigenvalue weighted by Gasteiger charge is 2.14. The lowest BCUT2D eigenvalue weighted by Gasteiger charge is -2.07. The van der Waals surface area contributed by atoms with E-state index in [1.54, 1.807) is 43.0 Å². The molecule has 0 aliphatic heterocycles. The molecular weight excluding hydrogens is 288 g/mol. The van der Waals surface area contributed by atoms with Crippen LogP contribution in [0.3, 0.4) is 0 Å². The number of hydrogen-bond acceptors (Lipinski definition) is 3. The number of halogens is 1. The van der Waals surface area contributed by atoms with E-state index >= 15 is 0 Å². The van der Waals surface area contributed by atoms with E-state index in [9.17, 15) is 4.79 Å².